The molecular weight excluding hydrogens is 213 g/mol. The van der Waals surface area contributed by atoms with Crippen molar-refractivity contribution in [3.8, 4) is 12.3 Å². The third kappa shape index (κ3) is 1.50. The van der Waals surface area contributed by atoms with Crippen LogP contribution in [0.3, 0.4) is 0 Å². The summed E-state index contributed by atoms with van der Waals surface area (Å²) in [7, 11) is 0. The maximum atomic E-state index is 5.57. The molecule has 0 fully saturated rings. The van der Waals surface area contributed by atoms with E-state index in [4.69, 9.17) is 18.0 Å². The number of nitrogens with zero attached hydrogens (tertiary/aromatic N) is 1. The van der Waals surface area contributed by atoms with Crippen molar-refractivity contribution in [2.45, 2.75) is 0 Å². The normalized spacial score (nSPS) is 8.90. The van der Waals surface area contributed by atoms with Crippen LogP contribution in [-0.2, 0) is 0 Å². The second kappa shape index (κ2) is 3.05. The molecule has 0 aliphatic heterocycles. The van der Waals surface area contributed by atoms with Gasteiger partial charge in [0.15, 0.2) is 0 Å². The molecule has 0 spiro atoms. The number of hydrogen-bond acceptors (Lipinski definition) is 1. The molecular formula is C7H3BrClN. The summed E-state index contributed by atoms with van der Waals surface area (Å²) in [6, 6.07) is 3.44. The van der Waals surface area contributed by atoms with Gasteiger partial charge in [0.05, 0.1) is 4.47 Å². The zero-order valence-corrected chi connectivity index (χ0v) is 7.28. The SMILES string of the molecule is C#Cc1nc(Cl)ccc1Br. The number of pyridine rings is 1. The van der Waals surface area contributed by atoms with Gasteiger partial charge in [-0.25, -0.2) is 4.98 Å². The number of hydrogen-bond donors (Lipinski definition) is 0. The van der Waals surface area contributed by atoms with Crippen LogP contribution in [0.1, 0.15) is 5.69 Å². The van der Waals surface area contributed by atoms with Crippen molar-refractivity contribution in [2.24, 2.45) is 0 Å². The predicted octanol–water partition coefficient (Wildman–Crippen LogP) is 2.48. The molecule has 0 amide bonds. The average Bonchev–Trinajstić information content (AvgIpc) is 1.94. The van der Waals surface area contributed by atoms with E-state index < -0.39 is 0 Å². The molecule has 0 aromatic carbocycles. The molecule has 1 heterocycles. The molecule has 0 atom stereocenters. The van der Waals surface area contributed by atoms with Crippen molar-refractivity contribution >= 4 is 27.5 Å². The Morgan fingerprint density at radius 2 is 2.30 bits per heavy atom. The van der Waals surface area contributed by atoms with Crippen LogP contribution >= 0.6 is 27.5 Å². The molecule has 0 aliphatic carbocycles. The first-order chi connectivity index (χ1) is 4.74. The van der Waals surface area contributed by atoms with E-state index in [0.29, 0.717) is 10.8 Å². The molecule has 0 saturated carbocycles. The summed E-state index contributed by atoms with van der Waals surface area (Å²) in [6.45, 7) is 0. The third-order valence-electron chi connectivity index (χ3n) is 0.949. The summed E-state index contributed by atoms with van der Waals surface area (Å²) < 4.78 is 0.791. The minimum Gasteiger partial charge on any atom is -0.226 e. The highest BCUT2D eigenvalue weighted by molar-refractivity contribution is 9.10. The molecule has 50 valence electrons. The molecule has 3 heteroatoms. The van der Waals surface area contributed by atoms with Gasteiger partial charge in [-0.1, -0.05) is 11.6 Å². The first-order valence-corrected chi connectivity index (χ1v) is 3.70. The van der Waals surface area contributed by atoms with Crippen LogP contribution in [0, 0.1) is 12.3 Å². The number of rotatable bonds is 0. The van der Waals surface area contributed by atoms with Gasteiger partial charge in [0.25, 0.3) is 0 Å². The molecule has 0 radical (unpaired) electrons. The van der Waals surface area contributed by atoms with Gasteiger partial charge >= 0.3 is 0 Å². The second-order valence-electron chi connectivity index (χ2n) is 1.61. The fourth-order valence-corrected chi connectivity index (χ4v) is 1.00. The molecule has 1 aromatic heterocycles. The van der Waals surface area contributed by atoms with Crippen LogP contribution in [0.2, 0.25) is 5.15 Å². The first kappa shape index (κ1) is 7.59. The summed E-state index contributed by atoms with van der Waals surface area (Å²) in [6.07, 6.45) is 5.12. The van der Waals surface area contributed by atoms with Crippen LogP contribution < -0.4 is 0 Å². The summed E-state index contributed by atoms with van der Waals surface area (Å²) in [5, 5.41) is 0.413. The Morgan fingerprint density at radius 3 is 2.80 bits per heavy atom. The van der Waals surface area contributed by atoms with E-state index in [2.05, 4.69) is 26.8 Å². The zero-order chi connectivity index (χ0) is 7.56. The Bertz CT molecular complexity index is 290. The fourth-order valence-electron chi connectivity index (χ4n) is 0.520. The van der Waals surface area contributed by atoms with Gasteiger partial charge in [-0.3, -0.25) is 0 Å². The Kier molecular flexibility index (Phi) is 2.31. The lowest BCUT2D eigenvalue weighted by molar-refractivity contribution is 1.27. The van der Waals surface area contributed by atoms with Crippen molar-refractivity contribution in [1.29, 1.82) is 0 Å². The first-order valence-electron chi connectivity index (χ1n) is 2.52. The van der Waals surface area contributed by atoms with E-state index in [-0.39, 0.29) is 0 Å². The van der Waals surface area contributed by atoms with Gasteiger partial charge in [-0.05, 0) is 34.0 Å². The monoisotopic (exact) mass is 215 g/mol. The van der Waals surface area contributed by atoms with Crippen LogP contribution in [-0.4, -0.2) is 4.98 Å². The standard InChI is InChI=1S/C7H3BrClN/c1-2-6-5(8)3-4-7(9)10-6/h1,3-4H. The molecule has 1 rings (SSSR count). The smallest absolute Gasteiger partial charge is 0.130 e. The van der Waals surface area contributed by atoms with Gasteiger partial charge < -0.3 is 0 Å². The summed E-state index contributed by atoms with van der Waals surface area (Å²) in [4.78, 5) is 3.87. The quantitative estimate of drug-likeness (QED) is 0.480. The molecule has 1 aromatic rings. The highest BCUT2D eigenvalue weighted by atomic mass is 79.9. The summed E-state index contributed by atoms with van der Waals surface area (Å²) >= 11 is 8.80. The number of terminal acetylenes is 1. The van der Waals surface area contributed by atoms with Crippen LogP contribution in [0.5, 0.6) is 0 Å². The van der Waals surface area contributed by atoms with Crippen molar-refractivity contribution < 1.29 is 0 Å². The van der Waals surface area contributed by atoms with Gasteiger partial charge in [-0.2, -0.15) is 0 Å². The lowest BCUT2D eigenvalue weighted by Gasteiger charge is -1.93. The van der Waals surface area contributed by atoms with E-state index in [1.54, 1.807) is 12.1 Å². The third-order valence-corrected chi connectivity index (χ3v) is 1.80. The van der Waals surface area contributed by atoms with Gasteiger partial charge in [0.1, 0.15) is 10.8 Å². The summed E-state index contributed by atoms with van der Waals surface area (Å²) in [5.41, 5.74) is 0.535. The largest absolute Gasteiger partial charge is 0.226 e. The predicted molar refractivity (Wildman–Crippen MR) is 44.9 cm³/mol. The molecule has 1 nitrogen and oxygen atoms in total. The van der Waals surface area contributed by atoms with Crippen LogP contribution in [0.15, 0.2) is 16.6 Å². The lowest BCUT2D eigenvalue weighted by Crippen LogP contribution is -1.83. The summed E-state index contributed by atoms with van der Waals surface area (Å²) in [5.74, 6) is 2.39. The highest BCUT2D eigenvalue weighted by Gasteiger charge is 1.96. The van der Waals surface area contributed by atoms with Crippen molar-refractivity contribution in [1.82, 2.24) is 4.98 Å². The molecule has 0 saturated heterocycles. The minimum atomic E-state index is 0.413. The van der Waals surface area contributed by atoms with Gasteiger partial charge in [0.2, 0.25) is 0 Å². The average molecular weight is 216 g/mol. The highest BCUT2D eigenvalue weighted by Crippen LogP contribution is 2.15. The zero-order valence-electron chi connectivity index (χ0n) is 4.94. The van der Waals surface area contributed by atoms with Crippen molar-refractivity contribution in [3.05, 3.63) is 27.5 Å². The van der Waals surface area contributed by atoms with Crippen LogP contribution in [0.25, 0.3) is 0 Å². The second-order valence-corrected chi connectivity index (χ2v) is 2.85. The molecule has 10 heavy (non-hydrogen) atoms. The van der Waals surface area contributed by atoms with E-state index in [9.17, 15) is 0 Å². The van der Waals surface area contributed by atoms with Crippen molar-refractivity contribution in [2.75, 3.05) is 0 Å². The van der Waals surface area contributed by atoms with Crippen LogP contribution in [0.4, 0.5) is 0 Å². The molecule has 0 unspecified atom stereocenters. The van der Waals surface area contributed by atoms with Crippen molar-refractivity contribution in [3.63, 3.8) is 0 Å². The fraction of sp³-hybridized carbons (Fsp3) is 0. The number of halogens is 2. The van der Waals surface area contributed by atoms with E-state index >= 15 is 0 Å². The van der Waals surface area contributed by atoms with E-state index in [0.717, 1.165) is 4.47 Å². The lowest BCUT2D eigenvalue weighted by atomic mass is 10.4. The maximum Gasteiger partial charge on any atom is 0.130 e. The Labute approximate surface area is 72.6 Å². The Balaban J connectivity index is 3.25. The van der Waals surface area contributed by atoms with E-state index in [1.165, 1.54) is 0 Å². The maximum absolute atomic E-state index is 5.57. The Morgan fingerprint density at radius 1 is 1.60 bits per heavy atom. The number of aromatic nitrogens is 1. The van der Waals surface area contributed by atoms with E-state index in [1.807, 2.05) is 0 Å². The minimum absolute atomic E-state index is 0.413. The molecule has 0 aliphatic rings. The topological polar surface area (TPSA) is 12.9 Å². The Hall–Kier alpha value is -0.520. The molecule has 0 N–H and O–H groups in total. The molecule has 0 bridgehead atoms. The van der Waals surface area contributed by atoms with Gasteiger partial charge in [0, 0.05) is 0 Å². The van der Waals surface area contributed by atoms with Gasteiger partial charge in [-0.15, -0.1) is 6.42 Å².